The Labute approximate surface area is 142 Å². The molecule has 1 fully saturated rings. The first-order chi connectivity index (χ1) is 11.3. The van der Waals surface area contributed by atoms with Crippen LogP contribution in [0.1, 0.15) is 24.4 Å². The van der Waals surface area contributed by atoms with Crippen molar-refractivity contribution in [1.82, 2.24) is 4.72 Å². The van der Waals surface area contributed by atoms with Crippen LogP contribution in [0, 0.1) is 5.92 Å². The van der Waals surface area contributed by atoms with E-state index >= 15 is 0 Å². The van der Waals surface area contributed by atoms with Gasteiger partial charge in [-0.15, -0.1) is 0 Å². The van der Waals surface area contributed by atoms with Crippen LogP contribution in [0.2, 0.25) is 0 Å². The molecule has 0 aromatic heterocycles. The first-order valence-electron chi connectivity index (χ1n) is 7.65. The maximum Gasteiger partial charge on any atom is 0.241 e. The molecule has 0 radical (unpaired) electrons. The minimum Gasteiger partial charge on any atom is -0.224 e. The van der Waals surface area contributed by atoms with E-state index in [0.717, 1.165) is 24.7 Å². The third kappa shape index (κ3) is 3.85. The van der Waals surface area contributed by atoms with Gasteiger partial charge in [0.05, 0.1) is 9.79 Å². The normalized spacial score (nSPS) is 16.7. The van der Waals surface area contributed by atoms with Crippen LogP contribution < -0.4 is 4.72 Å². The Kier molecular flexibility index (Phi) is 4.50. The molecule has 1 aliphatic rings. The van der Waals surface area contributed by atoms with Gasteiger partial charge in [-0.1, -0.05) is 30.3 Å². The predicted octanol–water partition coefficient (Wildman–Crippen LogP) is 2.52. The van der Waals surface area contributed by atoms with Gasteiger partial charge in [-0.2, -0.15) is 0 Å². The summed E-state index contributed by atoms with van der Waals surface area (Å²) >= 11 is 0. The zero-order valence-electron chi connectivity index (χ0n) is 13.2. The lowest BCUT2D eigenvalue weighted by atomic mass is 10.0. The largest absolute Gasteiger partial charge is 0.241 e. The summed E-state index contributed by atoms with van der Waals surface area (Å²) in [7, 11) is -7.07. The second kappa shape index (κ2) is 6.31. The van der Waals surface area contributed by atoms with Crippen molar-refractivity contribution in [2.45, 2.75) is 28.7 Å². The molecule has 0 amide bonds. The highest BCUT2D eigenvalue weighted by molar-refractivity contribution is 7.90. The number of sulfone groups is 1. The number of hydrogen-bond acceptors (Lipinski definition) is 4. The van der Waals surface area contributed by atoms with Gasteiger partial charge in [0.1, 0.15) is 0 Å². The smallest absolute Gasteiger partial charge is 0.224 e. The summed E-state index contributed by atoms with van der Waals surface area (Å²) in [6.07, 6.45) is 3.08. The molecule has 0 bridgehead atoms. The third-order valence-electron chi connectivity index (χ3n) is 4.10. The Bertz CT molecular complexity index is 916. The lowest BCUT2D eigenvalue weighted by molar-refractivity contribution is 0.529. The van der Waals surface area contributed by atoms with E-state index in [2.05, 4.69) is 4.72 Å². The summed E-state index contributed by atoms with van der Waals surface area (Å²) in [5.41, 5.74) is 0.941. The summed E-state index contributed by atoms with van der Waals surface area (Å²) in [6.45, 7) is 0. The van der Waals surface area contributed by atoms with E-state index in [4.69, 9.17) is 0 Å². The zero-order chi connectivity index (χ0) is 17.4. The van der Waals surface area contributed by atoms with Crippen molar-refractivity contribution >= 4 is 19.9 Å². The Morgan fingerprint density at radius 3 is 1.92 bits per heavy atom. The van der Waals surface area contributed by atoms with E-state index in [9.17, 15) is 16.8 Å². The van der Waals surface area contributed by atoms with Crippen molar-refractivity contribution in [3.8, 4) is 0 Å². The van der Waals surface area contributed by atoms with Crippen LogP contribution >= 0.6 is 0 Å². The molecule has 3 rings (SSSR count). The molecular weight excluding hydrogens is 346 g/mol. The molecule has 0 spiro atoms. The Morgan fingerprint density at radius 2 is 1.42 bits per heavy atom. The van der Waals surface area contributed by atoms with E-state index in [0.29, 0.717) is 5.92 Å². The predicted molar refractivity (Wildman–Crippen MR) is 91.8 cm³/mol. The van der Waals surface area contributed by atoms with Gasteiger partial charge in [-0.25, -0.2) is 21.6 Å². The maximum absolute atomic E-state index is 12.6. The van der Waals surface area contributed by atoms with E-state index in [-0.39, 0.29) is 15.8 Å². The van der Waals surface area contributed by atoms with E-state index in [1.807, 2.05) is 30.3 Å². The molecule has 2 aromatic carbocycles. The topological polar surface area (TPSA) is 80.3 Å². The molecule has 5 nitrogen and oxygen atoms in total. The molecule has 1 aliphatic carbocycles. The Morgan fingerprint density at radius 1 is 0.875 bits per heavy atom. The van der Waals surface area contributed by atoms with Crippen molar-refractivity contribution in [3.63, 3.8) is 0 Å². The Balaban J connectivity index is 1.87. The van der Waals surface area contributed by atoms with Crippen LogP contribution in [0.3, 0.4) is 0 Å². The number of hydrogen-bond donors (Lipinski definition) is 1. The van der Waals surface area contributed by atoms with Gasteiger partial charge in [-0.05, 0) is 48.6 Å². The minimum absolute atomic E-state index is 0.0662. The molecule has 1 unspecified atom stereocenters. The molecule has 1 saturated carbocycles. The average Bonchev–Trinajstić information content (AvgIpc) is 3.38. The number of sulfonamides is 1. The standard InChI is InChI=1S/C17H19NO4S2/c1-23(19,20)15-9-11-16(12-10-15)24(21,22)18-17(14-7-8-14)13-5-3-2-4-6-13/h2-6,9-12,14,17-18H,7-8H2,1H3. The third-order valence-corrected chi connectivity index (χ3v) is 6.68. The molecular formula is C17H19NO4S2. The molecule has 0 saturated heterocycles. The lowest BCUT2D eigenvalue weighted by Crippen LogP contribution is -2.30. The van der Waals surface area contributed by atoms with Crippen LogP contribution in [-0.2, 0) is 19.9 Å². The molecule has 24 heavy (non-hydrogen) atoms. The van der Waals surface area contributed by atoms with Gasteiger partial charge in [0.25, 0.3) is 0 Å². The SMILES string of the molecule is CS(=O)(=O)c1ccc(S(=O)(=O)NC(c2ccccc2)C2CC2)cc1. The fourth-order valence-corrected chi connectivity index (χ4v) is 4.55. The van der Waals surface area contributed by atoms with E-state index < -0.39 is 19.9 Å². The summed E-state index contributed by atoms with van der Waals surface area (Å²) in [6, 6.07) is 14.5. The van der Waals surface area contributed by atoms with Gasteiger partial charge in [-0.3, -0.25) is 0 Å². The van der Waals surface area contributed by atoms with Crippen LogP contribution in [-0.4, -0.2) is 23.1 Å². The zero-order valence-corrected chi connectivity index (χ0v) is 14.8. The molecule has 2 aromatic rings. The van der Waals surface area contributed by atoms with Crippen LogP contribution in [0.25, 0.3) is 0 Å². The van der Waals surface area contributed by atoms with Crippen molar-refractivity contribution in [1.29, 1.82) is 0 Å². The second-order valence-corrected chi connectivity index (χ2v) is 9.82. The summed E-state index contributed by atoms with van der Waals surface area (Å²) in [4.78, 5) is 0.166. The van der Waals surface area contributed by atoms with Crippen LogP contribution in [0.15, 0.2) is 64.4 Å². The fourth-order valence-electron chi connectivity index (χ4n) is 2.63. The molecule has 128 valence electrons. The molecule has 1 N–H and O–H groups in total. The Hall–Kier alpha value is -1.70. The number of rotatable bonds is 6. The molecule has 7 heteroatoms. The first-order valence-corrected chi connectivity index (χ1v) is 11.0. The van der Waals surface area contributed by atoms with Gasteiger partial charge in [0.2, 0.25) is 10.0 Å². The summed E-state index contributed by atoms with van der Waals surface area (Å²) in [5.74, 6) is 0.303. The van der Waals surface area contributed by atoms with Crippen molar-refractivity contribution in [3.05, 3.63) is 60.2 Å². The van der Waals surface area contributed by atoms with Crippen molar-refractivity contribution in [2.24, 2.45) is 5.92 Å². The monoisotopic (exact) mass is 365 g/mol. The van der Waals surface area contributed by atoms with Crippen molar-refractivity contribution < 1.29 is 16.8 Å². The number of nitrogens with one attached hydrogen (secondary N) is 1. The summed E-state index contributed by atoms with van der Waals surface area (Å²) < 4.78 is 51.0. The van der Waals surface area contributed by atoms with Gasteiger partial charge in [0, 0.05) is 12.3 Å². The molecule has 0 aliphatic heterocycles. The quantitative estimate of drug-likeness (QED) is 0.853. The molecule has 0 heterocycles. The summed E-state index contributed by atoms with van der Waals surface area (Å²) in [5, 5.41) is 0. The van der Waals surface area contributed by atoms with E-state index in [1.165, 1.54) is 24.3 Å². The van der Waals surface area contributed by atoms with Crippen LogP contribution in [0.4, 0.5) is 0 Å². The highest BCUT2D eigenvalue weighted by atomic mass is 32.2. The van der Waals surface area contributed by atoms with E-state index in [1.54, 1.807) is 0 Å². The number of benzene rings is 2. The lowest BCUT2D eigenvalue weighted by Gasteiger charge is -2.19. The maximum atomic E-state index is 12.6. The van der Waals surface area contributed by atoms with Gasteiger partial charge >= 0.3 is 0 Å². The first kappa shape index (κ1) is 17.1. The minimum atomic E-state index is -3.72. The average molecular weight is 365 g/mol. The van der Waals surface area contributed by atoms with Gasteiger partial charge < -0.3 is 0 Å². The van der Waals surface area contributed by atoms with Crippen LogP contribution in [0.5, 0.6) is 0 Å². The van der Waals surface area contributed by atoms with Crippen molar-refractivity contribution in [2.75, 3.05) is 6.26 Å². The highest BCUT2D eigenvalue weighted by Gasteiger charge is 2.35. The molecule has 1 atom stereocenters. The highest BCUT2D eigenvalue weighted by Crippen LogP contribution is 2.41. The fraction of sp³-hybridized carbons (Fsp3) is 0.294. The second-order valence-electron chi connectivity index (χ2n) is 6.09. The van der Waals surface area contributed by atoms with Gasteiger partial charge in [0.15, 0.2) is 9.84 Å².